The zero-order valence-corrected chi connectivity index (χ0v) is 29.9. The molecule has 4 aromatic carbocycles. The molecule has 0 bridgehead atoms. The summed E-state index contributed by atoms with van der Waals surface area (Å²) in [5, 5.41) is 22.7. The lowest BCUT2D eigenvalue weighted by Crippen LogP contribution is -2.17. The molecule has 0 amide bonds. The number of phenolic OH excluding ortho intramolecular Hbond substituents is 2. The Hall–Kier alpha value is -4.18. The standard InChI is InChI=1S/C42H52N2O2/c1-39(2,3)29-21-27(37(45)33(23-29)41(7,8)9)25-43-35-19-15-13-17-31(35)32-18-14-16-20-36(32)44-26-28-22-30(40(4,5)6)24-34(38(28)46)42(10,11)12/h13-26,45-46H,1-12H3. The second-order valence-electron chi connectivity index (χ2n) is 16.5. The Morgan fingerprint density at radius 3 is 1.09 bits per heavy atom. The molecule has 0 aliphatic carbocycles. The van der Waals surface area contributed by atoms with Crippen molar-refractivity contribution in [1.82, 2.24) is 0 Å². The molecule has 4 nitrogen and oxygen atoms in total. The predicted molar refractivity (Wildman–Crippen MR) is 197 cm³/mol. The van der Waals surface area contributed by atoms with Gasteiger partial charge in [0, 0.05) is 45.8 Å². The van der Waals surface area contributed by atoms with Crippen LogP contribution in [0.1, 0.15) is 116 Å². The van der Waals surface area contributed by atoms with Gasteiger partial charge in [-0.05, 0) is 57.1 Å². The van der Waals surface area contributed by atoms with Crippen molar-refractivity contribution >= 4 is 23.8 Å². The van der Waals surface area contributed by atoms with E-state index in [0.717, 1.165) is 44.8 Å². The van der Waals surface area contributed by atoms with Crippen LogP contribution in [-0.2, 0) is 21.7 Å². The van der Waals surface area contributed by atoms with Crippen LogP contribution in [-0.4, -0.2) is 22.6 Å². The molecule has 0 spiro atoms. The largest absolute Gasteiger partial charge is 0.507 e. The van der Waals surface area contributed by atoms with E-state index in [2.05, 4.69) is 95.2 Å². The van der Waals surface area contributed by atoms with E-state index in [-0.39, 0.29) is 33.2 Å². The molecule has 4 rings (SSSR count). The van der Waals surface area contributed by atoms with Crippen LogP contribution >= 0.6 is 0 Å². The van der Waals surface area contributed by atoms with Gasteiger partial charge < -0.3 is 10.2 Å². The maximum absolute atomic E-state index is 11.3. The van der Waals surface area contributed by atoms with Crippen molar-refractivity contribution in [2.45, 2.75) is 105 Å². The van der Waals surface area contributed by atoms with Gasteiger partial charge in [-0.25, -0.2) is 0 Å². The molecule has 0 heterocycles. The number of benzene rings is 4. The maximum Gasteiger partial charge on any atom is 0.128 e. The van der Waals surface area contributed by atoms with Gasteiger partial charge in [-0.2, -0.15) is 0 Å². The molecular weight excluding hydrogens is 564 g/mol. The summed E-state index contributed by atoms with van der Waals surface area (Å²) < 4.78 is 0. The summed E-state index contributed by atoms with van der Waals surface area (Å²) in [6.45, 7) is 25.8. The van der Waals surface area contributed by atoms with Crippen LogP contribution in [0, 0.1) is 0 Å². The van der Waals surface area contributed by atoms with Gasteiger partial charge in [-0.3, -0.25) is 9.98 Å². The van der Waals surface area contributed by atoms with Crippen molar-refractivity contribution in [3.63, 3.8) is 0 Å². The molecule has 4 heteroatoms. The fraction of sp³-hybridized carbons (Fsp3) is 0.381. The molecule has 0 aromatic heterocycles. The quantitative estimate of drug-likeness (QED) is 0.219. The van der Waals surface area contributed by atoms with Crippen molar-refractivity contribution in [2.75, 3.05) is 0 Å². The Kier molecular flexibility index (Phi) is 9.46. The minimum atomic E-state index is -0.225. The van der Waals surface area contributed by atoms with Crippen LogP contribution in [0.2, 0.25) is 0 Å². The van der Waals surface area contributed by atoms with Gasteiger partial charge in [0.05, 0.1) is 11.4 Å². The molecule has 46 heavy (non-hydrogen) atoms. The number of hydrogen-bond donors (Lipinski definition) is 2. The summed E-state index contributed by atoms with van der Waals surface area (Å²) in [6, 6.07) is 24.3. The summed E-state index contributed by atoms with van der Waals surface area (Å²) in [7, 11) is 0. The van der Waals surface area contributed by atoms with E-state index in [1.807, 2.05) is 60.7 Å². The molecule has 2 N–H and O–H groups in total. The summed E-state index contributed by atoms with van der Waals surface area (Å²) in [5.41, 5.74) is 8.29. The molecule has 0 saturated carbocycles. The Balaban J connectivity index is 1.81. The van der Waals surface area contributed by atoms with Gasteiger partial charge in [0.15, 0.2) is 0 Å². The van der Waals surface area contributed by atoms with Crippen LogP contribution in [0.5, 0.6) is 11.5 Å². The van der Waals surface area contributed by atoms with Crippen LogP contribution in [0.15, 0.2) is 82.8 Å². The second kappa shape index (κ2) is 12.5. The van der Waals surface area contributed by atoms with Gasteiger partial charge in [-0.15, -0.1) is 0 Å². The first kappa shape index (κ1) is 34.7. The van der Waals surface area contributed by atoms with Crippen LogP contribution < -0.4 is 0 Å². The highest BCUT2D eigenvalue weighted by Gasteiger charge is 2.26. The van der Waals surface area contributed by atoms with Gasteiger partial charge >= 0.3 is 0 Å². The summed E-state index contributed by atoms with van der Waals surface area (Å²) in [4.78, 5) is 9.87. The molecule has 0 fully saturated rings. The Morgan fingerprint density at radius 1 is 0.457 bits per heavy atom. The zero-order valence-electron chi connectivity index (χ0n) is 29.9. The zero-order chi connectivity index (χ0) is 34.2. The second-order valence-corrected chi connectivity index (χ2v) is 16.5. The number of phenols is 2. The summed E-state index contributed by atoms with van der Waals surface area (Å²) in [5.74, 6) is 0.525. The summed E-state index contributed by atoms with van der Waals surface area (Å²) >= 11 is 0. The lowest BCUT2D eigenvalue weighted by Gasteiger charge is -2.27. The first-order valence-corrected chi connectivity index (χ1v) is 16.2. The van der Waals surface area contributed by atoms with E-state index in [1.165, 1.54) is 0 Å². The van der Waals surface area contributed by atoms with Gasteiger partial charge in [0.1, 0.15) is 11.5 Å². The molecular formula is C42H52N2O2. The molecule has 0 unspecified atom stereocenters. The third-order valence-electron chi connectivity index (χ3n) is 8.41. The molecule has 0 aliphatic heterocycles. The SMILES string of the molecule is CC(C)(C)c1cc(C=Nc2ccccc2-c2ccccc2N=Cc2cc(C(C)(C)C)cc(C(C)(C)C)c2O)c(O)c(C(C)(C)C)c1. The molecule has 0 atom stereocenters. The molecule has 0 radical (unpaired) electrons. The minimum Gasteiger partial charge on any atom is -0.507 e. The van der Waals surface area contributed by atoms with Crippen molar-refractivity contribution in [3.05, 3.63) is 106 Å². The van der Waals surface area contributed by atoms with Crippen LogP contribution in [0.4, 0.5) is 11.4 Å². The average molecular weight is 617 g/mol. The highest BCUT2D eigenvalue weighted by Crippen LogP contribution is 2.41. The Bertz CT molecular complexity index is 1650. The maximum atomic E-state index is 11.3. The number of aliphatic imine (C=N–C) groups is 2. The predicted octanol–water partition coefficient (Wildman–Crippen LogP) is 11.5. The lowest BCUT2D eigenvalue weighted by molar-refractivity contribution is 0.443. The van der Waals surface area contributed by atoms with E-state index in [4.69, 9.17) is 9.98 Å². The van der Waals surface area contributed by atoms with Gasteiger partial charge in [0.2, 0.25) is 0 Å². The van der Waals surface area contributed by atoms with Gasteiger partial charge in [0.25, 0.3) is 0 Å². The highest BCUT2D eigenvalue weighted by atomic mass is 16.3. The molecule has 0 saturated heterocycles. The van der Waals surface area contributed by atoms with Crippen molar-refractivity contribution < 1.29 is 10.2 Å². The molecule has 242 valence electrons. The smallest absolute Gasteiger partial charge is 0.128 e. The lowest BCUT2D eigenvalue weighted by atomic mass is 9.79. The fourth-order valence-electron chi connectivity index (χ4n) is 5.43. The number of nitrogens with zero attached hydrogens (tertiary/aromatic N) is 2. The molecule has 0 aliphatic rings. The van der Waals surface area contributed by atoms with Crippen LogP contribution in [0.25, 0.3) is 11.1 Å². The van der Waals surface area contributed by atoms with Crippen molar-refractivity contribution in [1.29, 1.82) is 0 Å². The minimum absolute atomic E-state index is 0.0837. The first-order valence-electron chi connectivity index (χ1n) is 16.2. The van der Waals surface area contributed by atoms with Gasteiger partial charge in [-0.1, -0.05) is 132 Å². The first-order chi connectivity index (χ1) is 21.2. The van der Waals surface area contributed by atoms with E-state index >= 15 is 0 Å². The van der Waals surface area contributed by atoms with E-state index in [9.17, 15) is 10.2 Å². The topological polar surface area (TPSA) is 65.2 Å². The van der Waals surface area contributed by atoms with Crippen molar-refractivity contribution in [3.8, 4) is 22.6 Å². The average Bonchev–Trinajstić information content (AvgIpc) is 2.94. The highest BCUT2D eigenvalue weighted by molar-refractivity contribution is 5.93. The monoisotopic (exact) mass is 616 g/mol. The summed E-state index contributed by atoms with van der Waals surface area (Å²) in [6.07, 6.45) is 3.54. The fourth-order valence-corrected chi connectivity index (χ4v) is 5.43. The number of hydrogen-bond acceptors (Lipinski definition) is 4. The Morgan fingerprint density at radius 2 is 0.783 bits per heavy atom. The van der Waals surface area contributed by atoms with Crippen LogP contribution in [0.3, 0.4) is 0 Å². The van der Waals surface area contributed by atoms with E-state index in [0.29, 0.717) is 11.1 Å². The Labute approximate surface area is 277 Å². The third kappa shape index (κ3) is 7.78. The number of rotatable bonds is 5. The molecule has 4 aromatic rings. The normalized spacial score (nSPS) is 13.2. The van der Waals surface area contributed by atoms with E-state index < -0.39 is 0 Å². The van der Waals surface area contributed by atoms with E-state index in [1.54, 1.807) is 12.4 Å². The third-order valence-corrected chi connectivity index (χ3v) is 8.41. The number of para-hydroxylation sites is 2. The number of aromatic hydroxyl groups is 2. The van der Waals surface area contributed by atoms with Crippen molar-refractivity contribution in [2.24, 2.45) is 9.98 Å².